The molecule has 0 radical (unpaired) electrons. The van der Waals surface area contributed by atoms with Gasteiger partial charge in [-0.1, -0.05) is 23.2 Å². The van der Waals surface area contributed by atoms with Gasteiger partial charge in [0.15, 0.2) is 0 Å². The van der Waals surface area contributed by atoms with E-state index in [4.69, 9.17) is 23.2 Å². The summed E-state index contributed by atoms with van der Waals surface area (Å²) in [5.74, 6) is 0. The Labute approximate surface area is 88.8 Å². The summed E-state index contributed by atoms with van der Waals surface area (Å²) in [6.45, 7) is -1.09. The van der Waals surface area contributed by atoms with Gasteiger partial charge in [0, 0.05) is 5.69 Å². The molecule has 0 heterocycles. The quantitative estimate of drug-likeness (QED) is 0.829. The molecule has 0 fully saturated rings. The van der Waals surface area contributed by atoms with Crippen molar-refractivity contribution in [2.75, 3.05) is 11.9 Å². The van der Waals surface area contributed by atoms with Gasteiger partial charge in [0.1, 0.15) is 6.54 Å². The molecule has 0 aliphatic rings. The van der Waals surface area contributed by atoms with E-state index in [1.165, 1.54) is 18.2 Å². The van der Waals surface area contributed by atoms with Crippen molar-refractivity contribution in [1.82, 2.24) is 0 Å². The highest BCUT2D eigenvalue weighted by Gasteiger charge is 2.26. The van der Waals surface area contributed by atoms with Gasteiger partial charge in [-0.05, 0) is 18.2 Å². The van der Waals surface area contributed by atoms with Crippen LogP contribution < -0.4 is 5.32 Å². The van der Waals surface area contributed by atoms with Gasteiger partial charge in [-0.25, -0.2) is 0 Å². The molecule has 1 nitrogen and oxygen atoms in total. The largest absolute Gasteiger partial charge is 0.405 e. The Morgan fingerprint density at radius 1 is 1.14 bits per heavy atom. The van der Waals surface area contributed by atoms with Gasteiger partial charge in [0.05, 0.1) is 10.0 Å². The molecular weight excluding hydrogens is 238 g/mol. The Hall–Kier alpha value is -0.610. The van der Waals surface area contributed by atoms with Crippen LogP contribution in [0, 0.1) is 0 Å². The van der Waals surface area contributed by atoms with Crippen LogP contribution in [-0.4, -0.2) is 12.7 Å². The summed E-state index contributed by atoms with van der Waals surface area (Å²) in [6, 6.07) is 4.21. The van der Waals surface area contributed by atoms with Crippen molar-refractivity contribution in [3.63, 3.8) is 0 Å². The van der Waals surface area contributed by atoms with E-state index >= 15 is 0 Å². The number of halogens is 5. The second kappa shape index (κ2) is 4.28. The first-order valence-electron chi connectivity index (χ1n) is 3.64. The molecule has 1 rings (SSSR count). The summed E-state index contributed by atoms with van der Waals surface area (Å²) in [5, 5.41) is 2.72. The maximum Gasteiger partial charge on any atom is 0.405 e. The lowest BCUT2D eigenvalue weighted by Crippen LogP contribution is -2.21. The predicted molar refractivity (Wildman–Crippen MR) is 51.0 cm³/mol. The Kier molecular flexibility index (Phi) is 3.50. The lowest BCUT2D eigenvalue weighted by Gasteiger charge is -2.09. The third-order valence-corrected chi connectivity index (χ3v) is 2.15. The Morgan fingerprint density at radius 3 is 2.29 bits per heavy atom. The topological polar surface area (TPSA) is 12.0 Å². The minimum atomic E-state index is -4.24. The highest BCUT2D eigenvalue weighted by atomic mass is 35.5. The summed E-state index contributed by atoms with van der Waals surface area (Å²) < 4.78 is 35.4. The van der Waals surface area contributed by atoms with Gasteiger partial charge >= 0.3 is 6.18 Å². The van der Waals surface area contributed by atoms with E-state index in [1.807, 2.05) is 0 Å². The summed E-state index contributed by atoms with van der Waals surface area (Å²) in [4.78, 5) is 0. The molecule has 0 unspecified atom stereocenters. The molecule has 0 spiro atoms. The van der Waals surface area contributed by atoms with Crippen LogP contribution in [0.2, 0.25) is 10.0 Å². The molecule has 6 heteroatoms. The van der Waals surface area contributed by atoms with Crippen molar-refractivity contribution < 1.29 is 13.2 Å². The van der Waals surface area contributed by atoms with Gasteiger partial charge in [-0.3, -0.25) is 0 Å². The molecule has 0 bridgehead atoms. The number of rotatable bonds is 2. The van der Waals surface area contributed by atoms with E-state index < -0.39 is 12.7 Å². The molecule has 14 heavy (non-hydrogen) atoms. The molecule has 1 aromatic rings. The summed E-state index contributed by atoms with van der Waals surface area (Å²) >= 11 is 11.2. The summed E-state index contributed by atoms with van der Waals surface area (Å²) in [5.41, 5.74) is 0.289. The highest BCUT2D eigenvalue weighted by Crippen LogP contribution is 2.25. The molecule has 0 amide bonds. The van der Waals surface area contributed by atoms with Crippen molar-refractivity contribution in [3.8, 4) is 0 Å². The van der Waals surface area contributed by atoms with E-state index in [0.717, 1.165) is 0 Å². The zero-order valence-corrected chi connectivity index (χ0v) is 8.34. The minimum Gasteiger partial charge on any atom is -0.376 e. The lowest BCUT2D eigenvalue weighted by molar-refractivity contribution is -0.115. The monoisotopic (exact) mass is 243 g/mol. The van der Waals surface area contributed by atoms with Crippen molar-refractivity contribution >= 4 is 28.9 Å². The summed E-state index contributed by atoms with van der Waals surface area (Å²) in [7, 11) is 0. The van der Waals surface area contributed by atoms with Gasteiger partial charge in [-0.15, -0.1) is 0 Å². The van der Waals surface area contributed by atoms with Crippen LogP contribution in [0.15, 0.2) is 18.2 Å². The molecule has 1 aromatic carbocycles. The number of benzene rings is 1. The molecule has 0 aliphatic carbocycles. The second-order valence-corrected chi connectivity index (χ2v) is 3.41. The zero-order valence-electron chi connectivity index (χ0n) is 6.83. The Bertz CT molecular complexity index is 325. The molecule has 0 saturated heterocycles. The maximum atomic E-state index is 11.8. The van der Waals surface area contributed by atoms with E-state index in [0.29, 0.717) is 5.02 Å². The van der Waals surface area contributed by atoms with Crippen molar-refractivity contribution in [3.05, 3.63) is 28.2 Å². The molecule has 0 saturated carbocycles. The number of nitrogens with one attached hydrogen (secondary N) is 1. The highest BCUT2D eigenvalue weighted by molar-refractivity contribution is 6.42. The third kappa shape index (κ3) is 3.64. The second-order valence-electron chi connectivity index (χ2n) is 2.60. The van der Waals surface area contributed by atoms with Crippen LogP contribution in [-0.2, 0) is 0 Å². The van der Waals surface area contributed by atoms with Crippen LogP contribution in [0.4, 0.5) is 18.9 Å². The van der Waals surface area contributed by atoms with Gasteiger partial charge in [-0.2, -0.15) is 13.2 Å². The number of alkyl halides is 3. The average Bonchev–Trinajstić information content (AvgIpc) is 2.06. The Morgan fingerprint density at radius 2 is 1.79 bits per heavy atom. The predicted octanol–water partition coefficient (Wildman–Crippen LogP) is 3.97. The normalized spacial score (nSPS) is 11.5. The van der Waals surface area contributed by atoms with Gasteiger partial charge in [0.2, 0.25) is 0 Å². The zero-order chi connectivity index (χ0) is 10.8. The SMILES string of the molecule is FC(F)(F)CNc1ccc(Cl)c(Cl)c1. The standard InChI is InChI=1S/C8H6Cl2F3N/c9-6-2-1-5(3-7(6)10)14-4-8(11,12)13/h1-3,14H,4H2. The van der Waals surface area contributed by atoms with Crippen LogP contribution in [0.5, 0.6) is 0 Å². The Balaban J connectivity index is 2.65. The molecule has 1 N–H and O–H groups in total. The summed E-state index contributed by atoms with van der Waals surface area (Å²) in [6.07, 6.45) is -4.24. The first-order valence-corrected chi connectivity index (χ1v) is 4.40. The average molecular weight is 244 g/mol. The van der Waals surface area contributed by atoms with Crippen LogP contribution in [0.3, 0.4) is 0 Å². The fraction of sp³-hybridized carbons (Fsp3) is 0.250. The van der Waals surface area contributed by atoms with Crippen LogP contribution in [0.25, 0.3) is 0 Å². The van der Waals surface area contributed by atoms with E-state index in [1.54, 1.807) is 0 Å². The van der Waals surface area contributed by atoms with Crippen molar-refractivity contribution in [2.24, 2.45) is 0 Å². The van der Waals surface area contributed by atoms with E-state index in [2.05, 4.69) is 5.32 Å². The molecule has 0 aromatic heterocycles. The number of anilines is 1. The van der Waals surface area contributed by atoms with Gasteiger partial charge < -0.3 is 5.32 Å². The smallest absolute Gasteiger partial charge is 0.376 e. The van der Waals surface area contributed by atoms with Crippen LogP contribution in [0.1, 0.15) is 0 Å². The van der Waals surface area contributed by atoms with Crippen LogP contribution >= 0.6 is 23.2 Å². The minimum absolute atomic E-state index is 0.221. The number of hydrogen-bond acceptors (Lipinski definition) is 1. The number of hydrogen-bond donors (Lipinski definition) is 1. The van der Waals surface area contributed by atoms with E-state index in [-0.39, 0.29) is 10.7 Å². The third-order valence-electron chi connectivity index (χ3n) is 1.41. The van der Waals surface area contributed by atoms with Crippen molar-refractivity contribution in [2.45, 2.75) is 6.18 Å². The molecule has 0 atom stereocenters. The van der Waals surface area contributed by atoms with Gasteiger partial charge in [0.25, 0.3) is 0 Å². The lowest BCUT2D eigenvalue weighted by atomic mass is 10.3. The fourth-order valence-electron chi connectivity index (χ4n) is 0.808. The molecular formula is C8H6Cl2F3N. The first-order chi connectivity index (χ1) is 6.38. The van der Waals surface area contributed by atoms with E-state index in [9.17, 15) is 13.2 Å². The maximum absolute atomic E-state index is 11.8. The van der Waals surface area contributed by atoms with Crippen molar-refractivity contribution in [1.29, 1.82) is 0 Å². The fourth-order valence-corrected chi connectivity index (χ4v) is 1.11. The first kappa shape index (κ1) is 11.5. The molecule has 78 valence electrons. The molecule has 0 aliphatic heterocycles.